The minimum Gasteiger partial charge on any atom is -0.0622 e. The Morgan fingerprint density at radius 3 is 1.43 bits per heavy atom. The molecule has 1 aliphatic carbocycles. The molecule has 0 heteroatoms. The van der Waals surface area contributed by atoms with E-state index in [4.69, 9.17) is 0 Å². The van der Waals surface area contributed by atoms with Gasteiger partial charge in [-0.15, -0.1) is 0 Å². The van der Waals surface area contributed by atoms with Crippen LogP contribution >= 0.6 is 0 Å². The molecule has 0 bridgehead atoms. The first-order chi connectivity index (χ1) is 26.8. The highest BCUT2D eigenvalue weighted by Crippen LogP contribution is 2.60. The van der Waals surface area contributed by atoms with Gasteiger partial charge in [-0.25, -0.2) is 0 Å². The van der Waals surface area contributed by atoms with Gasteiger partial charge in [0.25, 0.3) is 0 Å². The van der Waals surface area contributed by atoms with Crippen LogP contribution in [0.4, 0.5) is 0 Å². The summed E-state index contributed by atoms with van der Waals surface area (Å²) in [6.07, 6.45) is 0. The van der Waals surface area contributed by atoms with E-state index in [1.165, 1.54) is 121 Å². The number of hydrogen-bond donors (Lipinski definition) is 0. The average Bonchev–Trinajstić information content (AvgIpc) is 3.58. The summed E-state index contributed by atoms with van der Waals surface area (Å²) in [5, 5.41) is 13.2. The zero-order valence-electron chi connectivity index (χ0n) is 29.5. The zero-order chi connectivity index (χ0) is 35.3. The molecule has 0 atom stereocenters. The Kier molecular flexibility index (Phi) is 6.15. The van der Waals surface area contributed by atoms with Gasteiger partial charge in [-0.3, -0.25) is 0 Å². The van der Waals surface area contributed by atoms with Crippen molar-refractivity contribution in [2.24, 2.45) is 0 Å². The highest BCUT2D eigenvalue weighted by Gasteiger charge is 2.32. The second-order valence-electron chi connectivity index (χ2n) is 14.7. The fourth-order valence-corrected chi connectivity index (χ4v) is 9.83. The van der Waals surface area contributed by atoms with Crippen LogP contribution in [0, 0.1) is 0 Å². The van der Waals surface area contributed by atoms with Crippen molar-refractivity contribution in [2.45, 2.75) is 0 Å². The minimum absolute atomic E-state index is 1.23. The summed E-state index contributed by atoms with van der Waals surface area (Å²) in [5.41, 5.74) is 15.4. The van der Waals surface area contributed by atoms with Gasteiger partial charge in [-0.05, 0) is 121 Å². The molecule has 0 spiro atoms. The summed E-state index contributed by atoms with van der Waals surface area (Å²) in [4.78, 5) is 0. The lowest BCUT2D eigenvalue weighted by atomic mass is 9.78. The molecule has 1 aliphatic rings. The van der Waals surface area contributed by atoms with Crippen molar-refractivity contribution in [3.63, 3.8) is 0 Å². The van der Waals surface area contributed by atoms with Gasteiger partial charge in [-0.2, -0.15) is 0 Å². The number of benzene rings is 11. The van der Waals surface area contributed by atoms with Crippen molar-refractivity contribution in [2.75, 3.05) is 0 Å². The summed E-state index contributed by atoms with van der Waals surface area (Å²) >= 11 is 0. The molecule has 0 heterocycles. The molecule has 11 aromatic rings. The maximum Gasteiger partial charge on any atom is -0.000695 e. The normalized spacial score (nSPS) is 12.1. The van der Waals surface area contributed by atoms with Crippen LogP contribution in [0.25, 0.3) is 121 Å². The molecule has 0 aliphatic heterocycles. The Morgan fingerprint density at radius 1 is 0.185 bits per heavy atom. The first-order valence-corrected chi connectivity index (χ1v) is 18.9. The van der Waals surface area contributed by atoms with Crippen molar-refractivity contribution in [1.29, 1.82) is 0 Å². The Bertz CT molecular complexity index is 3280. The second kappa shape index (κ2) is 11.2. The van der Waals surface area contributed by atoms with Gasteiger partial charge >= 0.3 is 0 Å². The summed E-state index contributed by atoms with van der Waals surface area (Å²) in [7, 11) is 0. The van der Waals surface area contributed by atoms with E-state index in [-0.39, 0.29) is 0 Å². The van der Waals surface area contributed by atoms with Crippen molar-refractivity contribution < 1.29 is 0 Å². The smallest absolute Gasteiger partial charge is 0.000695 e. The third kappa shape index (κ3) is 3.97. The first kappa shape index (κ1) is 29.5. The molecule has 0 fully saturated rings. The van der Waals surface area contributed by atoms with Gasteiger partial charge in [0, 0.05) is 0 Å². The van der Waals surface area contributed by atoms with Crippen LogP contribution in [-0.2, 0) is 0 Å². The Balaban J connectivity index is 1.33. The van der Waals surface area contributed by atoms with E-state index >= 15 is 0 Å². The third-order valence-corrected chi connectivity index (χ3v) is 11.9. The van der Waals surface area contributed by atoms with E-state index in [0.29, 0.717) is 0 Å². The van der Waals surface area contributed by atoms with E-state index in [0.717, 1.165) is 0 Å². The van der Waals surface area contributed by atoms with Gasteiger partial charge in [0.15, 0.2) is 0 Å². The van der Waals surface area contributed by atoms with Crippen molar-refractivity contribution in [3.8, 4) is 66.8 Å². The molecule has 0 unspecified atom stereocenters. The maximum atomic E-state index is 2.43. The Hall–Kier alpha value is -7.02. The van der Waals surface area contributed by atoms with Crippen molar-refractivity contribution >= 4 is 53.9 Å². The molecular formula is C54H32. The second-order valence-corrected chi connectivity index (χ2v) is 14.7. The van der Waals surface area contributed by atoms with E-state index in [9.17, 15) is 0 Å². The fourth-order valence-electron chi connectivity index (χ4n) is 9.83. The van der Waals surface area contributed by atoms with Crippen LogP contribution in [-0.4, -0.2) is 0 Å². The van der Waals surface area contributed by atoms with Crippen molar-refractivity contribution in [1.82, 2.24) is 0 Å². The fraction of sp³-hybridized carbons (Fsp3) is 0. The molecule has 0 radical (unpaired) electrons. The predicted molar refractivity (Wildman–Crippen MR) is 231 cm³/mol. The lowest BCUT2D eigenvalue weighted by Crippen LogP contribution is -1.97. The van der Waals surface area contributed by atoms with Crippen molar-refractivity contribution in [3.05, 3.63) is 194 Å². The largest absolute Gasteiger partial charge is 0.0622 e. The topological polar surface area (TPSA) is 0 Å². The van der Waals surface area contributed by atoms with E-state index in [1.807, 2.05) is 0 Å². The third-order valence-electron chi connectivity index (χ3n) is 11.9. The van der Waals surface area contributed by atoms with Gasteiger partial charge in [0.05, 0.1) is 0 Å². The monoisotopic (exact) mass is 680 g/mol. The van der Waals surface area contributed by atoms with Gasteiger partial charge in [0.1, 0.15) is 0 Å². The van der Waals surface area contributed by atoms with Crippen LogP contribution in [0.15, 0.2) is 194 Å². The standard InChI is InChI=1S/C54H32/c1-4-15-33(16-5-1)37-23-10-11-24-39(37)40-30-32-46-49-41(40)25-14-26-42(49)43-31-29-38(34-17-6-2-7-18-34)50-48(36-19-8-3-9-20-36)52-44-27-12-21-35-22-13-28-45(47(35)44)53(52)54(46)51(43)50/h1-32H. The number of hydrogen-bond acceptors (Lipinski definition) is 0. The number of rotatable bonds is 4. The van der Waals surface area contributed by atoms with Crippen LogP contribution in [0.2, 0.25) is 0 Å². The zero-order valence-corrected chi connectivity index (χ0v) is 29.5. The molecule has 54 heavy (non-hydrogen) atoms. The molecule has 0 aromatic heterocycles. The summed E-state index contributed by atoms with van der Waals surface area (Å²) in [5.74, 6) is 0. The molecule has 248 valence electrons. The highest BCUT2D eigenvalue weighted by atomic mass is 14.3. The average molecular weight is 681 g/mol. The van der Waals surface area contributed by atoms with Gasteiger partial charge in [0.2, 0.25) is 0 Å². The maximum absolute atomic E-state index is 2.43. The molecule has 0 N–H and O–H groups in total. The lowest BCUT2D eigenvalue weighted by Gasteiger charge is -2.24. The SMILES string of the molecule is c1ccc(-c2ccccc2-c2ccc3c4c5c(c(-c6ccccc6)c6c(-c7ccccc7)ccc(c7cccc2c73)c64)-c2cccc3cccc-5c23)cc1. The van der Waals surface area contributed by atoms with E-state index in [2.05, 4.69) is 194 Å². The molecular weight excluding hydrogens is 649 g/mol. The van der Waals surface area contributed by atoms with Crippen LogP contribution in [0.1, 0.15) is 0 Å². The van der Waals surface area contributed by atoms with E-state index < -0.39 is 0 Å². The predicted octanol–water partition coefficient (Wildman–Crippen LogP) is 15.2. The molecule has 11 aromatic carbocycles. The van der Waals surface area contributed by atoms with Gasteiger partial charge < -0.3 is 0 Å². The minimum atomic E-state index is 1.23. The molecule has 0 nitrogen and oxygen atoms in total. The number of fused-ring (bicyclic) bond motifs is 6. The first-order valence-electron chi connectivity index (χ1n) is 18.9. The molecule has 0 amide bonds. The van der Waals surface area contributed by atoms with Crippen LogP contribution in [0.5, 0.6) is 0 Å². The highest BCUT2D eigenvalue weighted by molar-refractivity contribution is 6.43. The summed E-state index contributed by atoms with van der Waals surface area (Å²) in [6, 6.07) is 72.1. The molecule has 0 saturated carbocycles. The quantitative estimate of drug-likeness (QED) is 0.128. The Labute approximate surface area is 313 Å². The summed E-state index contributed by atoms with van der Waals surface area (Å²) < 4.78 is 0. The summed E-state index contributed by atoms with van der Waals surface area (Å²) in [6.45, 7) is 0. The Morgan fingerprint density at radius 2 is 0.704 bits per heavy atom. The van der Waals surface area contributed by atoms with Crippen LogP contribution in [0.3, 0.4) is 0 Å². The molecule has 12 rings (SSSR count). The molecule has 0 saturated heterocycles. The van der Waals surface area contributed by atoms with E-state index in [1.54, 1.807) is 0 Å². The lowest BCUT2D eigenvalue weighted by molar-refractivity contribution is 1.60. The van der Waals surface area contributed by atoms with Crippen LogP contribution < -0.4 is 0 Å². The van der Waals surface area contributed by atoms with Gasteiger partial charge in [-0.1, -0.05) is 194 Å².